The van der Waals surface area contributed by atoms with E-state index in [1.807, 2.05) is 0 Å². The fraction of sp³-hybridized carbons (Fsp3) is 0.0571. The Kier molecular flexibility index (Phi) is 7.44. The first-order valence-electron chi connectivity index (χ1n) is 24.8. The van der Waals surface area contributed by atoms with E-state index in [0.717, 1.165) is 0 Å². The second-order valence-corrected chi connectivity index (χ2v) is 20.5. The van der Waals surface area contributed by atoms with E-state index < -0.39 is 5.41 Å². The Bertz CT molecular complexity index is 4400. The normalized spacial score (nSPS) is 14.4. The van der Waals surface area contributed by atoms with Gasteiger partial charge in [-0.1, -0.05) is 232 Å². The van der Waals surface area contributed by atoms with Crippen LogP contribution in [-0.2, 0) is 10.8 Å². The molecule has 1 spiro atoms. The van der Waals surface area contributed by atoms with Crippen molar-refractivity contribution >= 4 is 64.6 Å². The molecule has 0 heterocycles. The van der Waals surface area contributed by atoms with Crippen LogP contribution in [0.3, 0.4) is 0 Å². The number of hydrogen-bond donors (Lipinski definition) is 0. The van der Waals surface area contributed by atoms with Crippen LogP contribution in [0.2, 0.25) is 0 Å². The van der Waals surface area contributed by atoms with Crippen molar-refractivity contribution < 1.29 is 0 Å². The second kappa shape index (κ2) is 13.6. The number of benzene rings is 13. The van der Waals surface area contributed by atoms with Gasteiger partial charge in [0.05, 0.1) is 5.41 Å². The Balaban J connectivity index is 1.02. The summed E-state index contributed by atoms with van der Waals surface area (Å²) in [5.41, 5.74) is 20.8. The van der Waals surface area contributed by atoms with Crippen LogP contribution in [0.1, 0.15) is 47.2 Å². The van der Waals surface area contributed by atoms with Crippen molar-refractivity contribution in [3.8, 4) is 55.6 Å². The van der Waals surface area contributed by atoms with Crippen LogP contribution in [-0.4, -0.2) is 0 Å². The van der Waals surface area contributed by atoms with Gasteiger partial charge in [0.25, 0.3) is 0 Å². The van der Waals surface area contributed by atoms with Gasteiger partial charge in [-0.05, 0) is 166 Å². The minimum Gasteiger partial charge on any atom is -0.0619 e. The van der Waals surface area contributed by atoms with Crippen LogP contribution in [0.25, 0.3) is 120 Å². The summed E-state index contributed by atoms with van der Waals surface area (Å²) >= 11 is 0. The van der Waals surface area contributed by atoms with Crippen LogP contribution in [0, 0.1) is 0 Å². The Morgan fingerprint density at radius 3 is 1.07 bits per heavy atom. The Morgan fingerprint density at radius 1 is 0.229 bits per heavy atom. The molecule has 0 aliphatic heterocycles. The Hall–Kier alpha value is -8.58. The highest BCUT2D eigenvalue weighted by atomic mass is 14.5. The third-order valence-electron chi connectivity index (χ3n) is 17.0. The van der Waals surface area contributed by atoms with Gasteiger partial charge in [-0.2, -0.15) is 0 Å². The van der Waals surface area contributed by atoms with Crippen molar-refractivity contribution in [1.29, 1.82) is 0 Å². The lowest BCUT2D eigenvalue weighted by Crippen LogP contribution is -2.26. The van der Waals surface area contributed by atoms with Crippen LogP contribution in [0.4, 0.5) is 0 Å². The predicted octanol–water partition coefficient (Wildman–Crippen LogP) is 18.6. The van der Waals surface area contributed by atoms with Gasteiger partial charge in [0, 0.05) is 5.41 Å². The number of hydrogen-bond acceptors (Lipinski definition) is 0. The topological polar surface area (TPSA) is 0 Å². The lowest BCUT2D eigenvalue weighted by Gasteiger charge is -2.33. The maximum Gasteiger partial charge on any atom is 0.0738 e. The van der Waals surface area contributed by atoms with Gasteiger partial charge in [0.2, 0.25) is 0 Å². The van der Waals surface area contributed by atoms with Crippen molar-refractivity contribution in [3.63, 3.8) is 0 Å². The largest absolute Gasteiger partial charge is 0.0738 e. The lowest BCUT2D eigenvalue weighted by atomic mass is 9.67. The Morgan fingerprint density at radius 2 is 0.557 bits per heavy atom. The zero-order valence-electron chi connectivity index (χ0n) is 38.9. The average Bonchev–Trinajstić information content (AvgIpc) is 3.99. The first-order valence-corrected chi connectivity index (χ1v) is 24.8. The molecule has 0 aromatic heterocycles. The van der Waals surface area contributed by atoms with E-state index in [-0.39, 0.29) is 5.41 Å². The summed E-state index contributed by atoms with van der Waals surface area (Å²) in [6.45, 7) is 4.77. The van der Waals surface area contributed by atoms with Crippen molar-refractivity contribution in [3.05, 3.63) is 264 Å². The van der Waals surface area contributed by atoms with E-state index in [9.17, 15) is 0 Å². The molecule has 16 rings (SSSR count). The molecule has 13 aromatic rings. The van der Waals surface area contributed by atoms with Crippen molar-refractivity contribution in [2.45, 2.75) is 24.7 Å². The maximum absolute atomic E-state index is 2.54. The molecule has 324 valence electrons. The molecule has 0 heteroatoms. The molecular weight excluding hydrogens is 841 g/mol. The molecule has 0 nitrogen and oxygen atoms in total. The standard InChI is InChI=1S/C70H44/c1-69(2)59-32-16-13-22-46(59)49-37-35-42(40-62(49)69)64-54-29-10-8-27-52(54)63(53-28-9-11-30-55(53)64)41-36-38-57-58(39-41)45-21-4-7-26-51(45)66-65-50-25-6-3-19-43(50)44-20-5-12-31-56(44)67(65)70(68(57)66)60-33-17-14-23-47(60)48-24-15-18-34-61(48)70/h3-40H,1-2H3. The molecule has 3 aliphatic carbocycles. The molecule has 0 amide bonds. The minimum atomic E-state index is -0.557. The first-order chi connectivity index (χ1) is 34.5. The molecule has 0 saturated carbocycles. The van der Waals surface area contributed by atoms with E-state index in [2.05, 4.69) is 244 Å². The minimum absolute atomic E-state index is 0.0929. The Labute approximate surface area is 406 Å². The summed E-state index contributed by atoms with van der Waals surface area (Å²) in [6.07, 6.45) is 0. The smallest absolute Gasteiger partial charge is 0.0619 e. The van der Waals surface area contributed by atoms with Gasteiger partial charge in [0.1, 0.15) is 0 Å². The van der Waals surface area contributed by atoms with Crippen molar-refractivity contribution in [1.82, 2.24) is 0 Å². The molecule has 0 saturated heterocycles. The van der Waals surface area contributed by atoms with Gasteiger partial charge >= 0.3 is 0 Å². The zero-order valence-corrected chi connectivity index (χ0v) is 38.9. The summed E-state index contributed by atoms with van der Waals surface area (Å²) < 4.78 is 0. The summed E-state index contributed by atoms with van der Waals surface area (Å²) in [6, 6.07) is 88.1. The first kappa shape index (κ1) is 38.4. The highest BCUT2D eigenvalue weighted by molar-refractivity contribution is 6.29. The average molecular weight is 885 g/mol. The van der Waals surface area contributed by atoms with Crippen molar-refractivity contribution in [2.75, 3.05) is 0 Å². The zero-order chi connectivity index (χ0) is 46.0. The summed E-state index contributed by atoms with van der Waals surface area (Å²) in [5, 5.41) is 15.5. The molecule has 0 fully saturated rings. The monoisotopic (exact) mass is 884 g/mol. The van der Waals surface area contributed by atoms with Gasteiger partial charge in [-0.3, -0.25) is 0 Å². The maximum atomic E-state index is 2.54. The predicted molar refractivity (Wildman–Crippen MR) is 296 cm³/mol. The molecule has 13 aromatic carbocycles. The molecule has 70 heavy (non-hydrogen) atoms. The summed E-state index contributed by atoms with van der Waals surface area (Å²) in [5.74, 6) is 0. The van der Waals surface area contributed by atoms with Crippen LogP contribution in [0.5, 0.6) is 0 Å². The molecule has 0 radical (unpaired) electrons. The molecule has 0 atom stereocenters. The highest BCUT2D eigenvalue weighted by Gasteiger charge is 2.54. The molecular formula is C70H44. The summed E-state index contributed by atoms with van der Waals surface area (Å²) in [7, 11) is 0. The molecule has 3 aliphatic rings. The van der Waals surface area contributed by atoms with E-state index in [1.165, 1.54) is 154 Å². The quantitative estimate of drug-likeness (QED) is 0.120. The van der Waals surface area contributed by atoms with Crippen LogP contribution in [0.15, 0.2) is 231 Å². The van der Waals surface area contributed by atoms with E-state index in [1.54, 1.807) is 0 Å². The third-order valence-corrected chi connectivity index (χ3v) is 17.0. The van der Waals surface area contributed by atoms with E-state index >= 15 is 0 Å². The van der Waals surface area contributed by atoms with Gasteiger partial charge in [0.15, 0.2) is 0 Å². The fourth-order valence-corrected chi connectivity index (χ4v) is 14.3. The molecule has 0 unspecified atom stereocenters. The van der Waals surface area contributed by atoms with Gasteiger partial charge < -0.3 is 0 Å². The van der Waals surface area contributed by atoms with E-state index in [0.29, 0.717) is 0 Å². The second-order valence-electron chi connectivity index (χ2n) is 20.5. The number of fused-ring (bicyclic) bond motifs is 25. The van der Waals surface area contributed by atoms with Gasteiger partial charge in [-0.15, -0.1) is 0 Å². The number of rotatable bonds is 2. The SMILES string of the molecule is CC1(C)c2ccccc2-c2ccc(-c3c4ccccc4c(-c4ccc5c6c(c7ccccc7c5c4)-c4c(c5ccccc5c5ccccc45)C64c5ccccc5-c5ccccc54)c4ccccc34)cc21. The molecule has 0 N–H and O–H groups in total. The summed E-state index contributed by atoms with van der Waals surface area (Å²) in [4.78, 5) is 0. The third kappa shape index (κ3) is 4.62. The lowest BCUT2D eigenvalue weighted by molar-refractivity contribution is 0.660. The fourth-order valence-electron chi connectivity index (χ4n) is 14.3. The van der Waals surface area contributed by atoms with Crippen LogP contribution >= 0.6 is 0 Å². The van der Waals surface area contributed by atoms with E-state index in [4.69, 9.17) is 0 Å². The molecule has 0 bridgehead atoms. The van der Waals surface area contributed by atoms with Crippen molar-refractivity contribution in [2.24, 2.45) is 0 Å². The van der Waals surface area contributed by atoms with Gasteiger partial charge in [-0.25, -0.2) is 0 Å². The van der Waals surface area contributed by atoms with Crippen LogP contribution < -0.4 is 0 Å². The highest BCUT2D eigenvalue weighted by Crippen LogP contribution is 2.68.